The Balaban J connectivity index is 2.04. The van der Waals surface area contributed by atoms with E-state index in [0.717, 1.165) is 12.2 Å². The van der Waals surface area contributed by atoms with Crippen molar-refractivity contribution in [1.29, 1.82) is 0 Å². The van der Waals surface area contributed by atoms with Crippen LogP contribution in [-0.2, 0) is 6.42 Å². The van der Waals surface area contributed by atoms with Crippen LogP contribution in [0.5, 0.6) is 0 Å². The van der Waals surface area contributed by atoms with Crippen molar-refractivity contribution in [3.8, 4) is 0 Å². The molecule has 0 amide bonds. The second kappa shape index (κ2) is 4.95. The van der Waals surface area contributed by atoms with Crippen LogP contribution in [0.25, 0.3) is 0 Å². The maximum atomic E-state index is 4.23. The van der Waals surface area contributed by atoms with Crippen LogP contribution >= 0.6 is 0 Å². The van der Waals surface area contributed by atoms with Gasteiger partial charge in [0.2, 0.25) is 0 Å². The lowest BCUT2D eigenvalue weighted by atomic mass is 9.95. The highest BCUT2D eigenvalue weighted by Crippen LogP contribution is 2.17. The average molecular weight is 227 g/mol. The fraction of sp³-hybridized carbons (Fsp3) is 0.286. The van der Waals surface area contributed by atoms with Crippen LogP contribution in [0.15, 0.2) is 48.9 Å². The third-order valence-electron chi connectivity index (χ3n) is 2.52. The smallest absolute Gasteiger partial charge is 0.144 e. The third-order valence-corrected chi connectivity index (χ3v) is 2.52. The summed E-state index contributed by atoms with van der Waals surface area (Å²) in [6.45, 7) is 4.32. The topological polar surface area (TPSA) is 37.8 Å². The molecule has 0 spiro atoms. The first-order chi connectivity index (χ1) is 8.16. The first-order valence-electron chi connectivity index (χ1n) is 5.74. The zero-order chi connectivity index (χ0) is 12.1. The van der Waals surface area contributed by atoms with Crippen molar-refractivity contribution in [1.82, 2.24) is 9.97 Å². The van der Waals surface area contributed by atoms with E-state index >= 15 is 0 Å². The molecule has 0 unspecified atom stereocenters. The molecule has 1 N–H and O–H groups in total. The van der Waals surface area contributed by atoms with Crippen LogP contribution < -0.4 is 5.32 Å². The molecular formula is C14H17N3. The minimum Gasteiger partial charge on any atom is -0.364 e. The van der Waals surface area contributed by atoms with Gasteiger partial charge in [-0.05, 0) is 25.8 Å². The molecule has 0 bridgehead atoms. The number of hydrogen-bond acceptors (Lipinski definition) is 3. The number of hydrogen-bond donors (Lipinski definition) is 1. The predicted octanol–water partition coefficient (Wildman–Crippen LogP) is 2.91. The summed E-state index contributed by atoms with van der Waals surface area (Å²) in [4.78, 5) is 8.28. The molecule has 1 aromatic carbocycles. The van der Waals surface area contributed by atoms with Gasteiger partial charge in [0.1, 0.15) is 5.82 Å². The van der Waals surface area contributed by atoms with E-state index in [1.807, 2.05) is 6.07 Å². The molecular weight excluding hydrogens is 210 g/mol. The number of benzene rings is 1. The molecule has 2 rings (SSSR count). The second-order valence-electron chi connectivity index (χ2n) is 4.76. The van der Waals surface area contributed by atoms with Crippen LogP contribution in [-0.4, -0.2) is 15.5 Å². The molecule has 3 heteroatoms. The summed E-state index contributed by atoms with van der Waals surface area (Å²) in [5.74, 6) is 0.813. The monoisotopic (exact) mass is 227 g/mol. The Morgan fingerprint density at radius 1 is 1.12 bits per heavy atom. The summed E-state index contributed by atoms with van der Waals surface area (Å²) in [6.07, 6.45) is 6.06. The summed E-state index contributed by atoms with van der Waals surface area (Å²) < 4.78 is 0. The standard InChI is InChI=1S/C14H17N3/c1-14(2,10-12-6-4-3-5-7-12)17-13-11-15-8-9-16-13/h3-9,11H,10H2,1-2H3,(H,16,17). The van der Waals surface area contributed by atoms with Gasteiger partial charge in [-0.3, -0.25) is 4.98 Å². The van der Waals surface area contributed by atoms with Crippen LogP contribution in [0, 0.1) is 0 Å². The largest absolute Gasteiger partial charge is 0.364 e. The van der Waals surface area contributed by atoms with E-state index in [2.05, 4.69) is 53.4 Å². The first-order valence-corrected chi connectivity index (χ1v) is 5.74. The Labute approximate surface area is 102 Å². The van der Waals surface area contributed by atoms with Crippen molar-refractivity contribution in [2.45, 2.75) is 25.8 Å². The Morgan fingerprint density at radius 2 is 1.88 bits per heavy atom. The molecule has 0 aliphatic heterocycles. The van der Waals surface area contributed by atoms with Gasteiger partial charge >= 0.3 is 0 Å². The summed E-state index contributed by atoms with van der Waals surface area (Å²) >= 11 is 0. The van der Waals surface area contributed by atoms with E-state index < -0.39 is 0 Å². The highest BCUT2D eigenvalue weighted by Gasteiger charge is 2.18. The van der Waals surface area contributed by atoms with Crippen molar-refractivity contribution in [2.24, 2.45) is 0 Å². The van der Waals surface area contributed by atoms with E-state index in [1.165, 1.54) is 5.56 Å². The van der Waals surface area contributed by atoms with Crippen LogP contribution in [0.3, 0.4) is 0 Å². The van der Waals surface area contributed by atoms with Gasteiger partial charge in [-0.25, -0.2) is 4.98 Å². The lowest BCUT2D eigenvalue weighted by molar-refractivity contribution is 0.561. The van der Waals surface area contributed by atoms with Crippen LogP contribution in [0.2, 0.25) is 0 Å². The van der Waals surface area contributed by atoms with Gasteiger partial charge in [-0.1, -0.05) is 30.3 Å². The summed E-state index contributed by atoms with van der Waals surface area (Å²) in [5.41, 5.74) is 1.27. The van der Waals surface area contributed by atoms with Gasteiger partial charge < -0.3 is 5.32 Å². The number of nitrogens with zero attached hydrogens (tertiary/aromatic N) is 2. The Hall–Kier alpha value is -1.90. The molecule has 1 aromatic heterocycles. The van der Waals surface area contributed by atoms with Crippen LogP contribution in [0.4, 0.5) is 5.82 Å². The minimum absolute atomic E-state index is 0.0443. The maximum Gasteiger partial charge on any atom is 0.144 e. The number of anilines is 1. The van der Waals surface area contributed by atoms with Crippen molar-refractivity contribution < 1.29 is 0 Å². The van der Waals surface area contributed by atoms with Gasteiger partial charge in [0.05, 0.1) is 6.20 Å². The molecule has 3 nitrogen and oxygen atoms in total. The summed E-state index contributed by atoms with van der Waals surface area (Å²) in [5, 5.41) is 3.39. The van der Waals surface area contributed by atoms with E-state index in [0.29, 0.717) is 0 Å². The third kappa shape index (κ3) is 3.55. The van der Waals surface area contributed by atoms with Gasteiger partial charge in [0, 0.05) is 17.9 Å². The fourth-order valence-corrected chi connectivity index (χ4v) is 1.86. The maximum absolute atomic E-state index is 4.23. The zero-order valence-electron chi connectivity index (χ0n) is 10.2. The van der Waals surface area contributed by atoms with Crippen molar-refractivity contribution in [2.75, 3.05) is 5.32 Å². The Morgan fingerprint density at radius 3 is 2.53 bits per heavy atom. The number of aromatic nitrogens is 2. The molecule has 17 heavy (non-hydrogen) atoms. The average Bonchev–Trinajstić information content (AvgIpc) is 2.30. The van der Waals surface area contributed by atoms with Gasteiger partial charge in [-0.15, -0.1) is 0 Å². The molecule has 0 aliphatic carbocycles. The normalized spacial score (nSPS) is 11.2. The highest BCUT2D eigenvalue weighted by molar-refractivity contribution is 5.34. The van der Waals surface area contributed by atoms with E-state index in [-0.39, 0.29) is 5.54 Å². The molecule has 0 saturated carbocycles. The first kappa shape index (κ1) is 11.6. The molecule has 0 aliphatic rings. The lowest BCUT2D eigenvalue weighted by Crippen LogP contribution is -2.33. The van der Waals surface area contributed by atoms with Crippen molar-refractivity contribution >= 4 is 5.82 Å². The molecule has 0 atom stereocenters. The molecule has 0 saturated heterocycles. The predicted molar refractivity (Wildman–Crippen MR) is 69.9 cm³/mol. The van der Waals surface area contributed by atoms with Crippen LogP contribution in [0.1, 0.15) is 19.4 Å². The SMILES string of the molecule is CC(C)(Cc1ccccc1)Nc1cnccn1. The van der Waals surface area contributed by atoms with Gasteiger partial charge in [-0.2, -0.15) is 0 Å². The fourth-order valence-electron chi connectivity index (χ4n) is 1.86. The number of nitrogens with one attached hydrogen (secondary N) is 1. The molecule has 2 aromatic rings. The number of rotatable bonds is 4. The van der Waals surface area contributed by atoms with Crippen molar-refractivity contribution in [3.63, 3.8) is 0 Å². The molecule has 0 radical (unpaired) electrons. The van der Waals surface area contributed by atoms with E-state index in [4.69, 9.17) is 0 Å². The van der Waals surface area contributed by atoms with E-state index in [9.17, 15) is 0 Å². The lowest BCUT2D eigenvalue weighted by Gasteiger charge is -2.26. The quantitative estimate of drug-likeness (QED) is 0.872. The second-order valence-corrected chi connectivity index (χ2v) is 4.76. The van der Waals surface area contributed by atoms with Crippen molar-refractivity contribution in [3.05, 3.63) is 54.5 Å². The summed E-state index contributed by atoms with van der Waals surface area (Å²) in [7, 11) is 0. The highest BCUT2D eigenvalue weighted by atomic mass is 15.1. The Bertz CT molecular complexity index is 408. The molecule has 0 fully saturated rings. The van der Waals surface area contributed by atoms with Gasteiger partial charge in [0.15, 0.2) is 0 Å². The summed E-state index contributed by atoms with van der Waals surface area (Å²) in [6, 6.07) is 10.4. The van der Waals surface area contributed by atoms with E-state index in [1.54, 1.807) is 18.6 Å². The molecule has 88 valence electrons. The zero-order valence-corrected chi connectivity index (χ0v) is 10.2. The van der Waals surface area contributed by atoms with Gasteiger partial charge in [0.25, 0.3) is 0 Å². The Kier molecular flexibility index (Phi) is 3.38. The minimum atomic E-state index is -0.0443. The molecule has 1 heterocycles.